The second-order valence-corrected chi connectivity index (χ2v) is 5.71. The van der Waals surface area contributed by atoms with Crippen LogP contribution in [0.2, 0.25) is 0 Å². The van der Waals surface area contributed by atoms with E-state index in [1.165, 1.54) is 0 Å². The molecule has 1 aromatic rings. The highest BCUT2D eigenvalue weighted by Gasteiger charge is 2.55. The van der Waals surface area contributed by atoms with Crippen molar-refractivity contribution in [3.05, 3.63) is 28.7 Å². The van der Waals surface area contributed by atoms with E-state index in [1.807, 2.05) is 0 Å². The zero-order valence-electron chi connectivity index (χ0n) is 11.6. The average Bonchev–Trinajstić information content (AvgIpc) is 3.01. The van der Waals surface area contributed by atoms with Crippen LogP contribution in [0.4, 0.5) is 5.69 Å². The zero-order chi connectivity index (χ0) is 15.9. The Balaban J connectivity index is 1.93. The lowest BCUT2D eigenvalue weighted by molar-refractivity contribution is -0.136. The molecule has 0 aliphatic carbocycles. The van der Waals surface area contributed by atoms with Gasteiger partial charge in [0.2, 0.25) is 5.91 Å². The summed E-state index contributed by atoms with van der Waals surface area (Å²) in [6.07, 6.45) is 0. The Kier molecular flexibility index (Phi) is 3.69. The molecule has 0 bridgehead atoms. The van der Waals surface area contributed by atoms with Gasteiger partial charge in [-0.2, -0.15) is 5.10 Å². The number of ether oxygens (including phenoxy) is 1. The van der Waals surface area contributed by atoms with E-state index in [0.717, 1.165) is 9.37 Å². The second-order valence-electron chi connectivity index (χ2n) is 4.79. The molecule has 114 valence electrons. The number of carbonyl (C=O) groups excluding carboxylic acids is 3. The lowest BCUT2D eigenvalue weighted by Crippen LogP contribution is -2.36. The Bertz CT molecular complexity index is 703. The first kappa shape index (κ1) is 14.7. The summed E-state index contributed by atoms with van der Waals surface area (Å²) < 4.78 is 5.62. The number of esters is 1. The maximum absolute atomic E-state index is 12.6. The van der Waals surface area contributed by atoms with E-state index in [2.05, 4.69) is 26.5 Å². The van der Waals surface area contributed by atoms with Gasteiger partial charge in [-0.15, -0.1) is 0 Å². The summed E-state index contributed by atoms with van der Waals surface area (Å²) in [7, 11) is 0. The SMILES string of the molecule is CCOC(=O)C1=NN[C@@H]2C(=O)N(c3cccc(Br)c3)C(=O)[C@H]12. The van der Waals surface area contributed by atoms with Crippen LogP contribution in [-0.4, -0.2) is 36.1 Å². The van der Waals surface area contributed by atoms with E-state index < -0.39 is 29.7 Å². The van der Waals surface area contributed by atoms with Crippen LogP contribution in [0.3, 0.4) is 0 Å². The molecule has 2 heterocycles. The first-order chi connectivity index (χ1) is 10.5. The van der Waals surface area contributed by atoms with E-state index in [4.69, 9.17) is 4.74 Å². The number of halogens is 1. The Labute approximate surface area is 134 Å². The van der Waals surface area contributed by atoms with Crippen molar-refractivity contribution in [1.82, 2.24) is 5.43 Å². The summed E-state index contributed by atoms with van der Waals surface area (Å²) in [6, 6.07) is 5.98. The standard InChI is InChI=1S/C14H12BrN3O4/c1-2-22-14(21)11-9-10(16-17-11)13(20)18(12(9)19)8-5-3-4-7(15)6-8/h3-6,9-10,16H,2H2,1H3/t9-,10-/m0/s1. The third-order valence-electron chi connectivity index (χ3n) is 3.48. The number of imide groups is 1. The van der Waals surface area contributed by atoms with Gasteiger partial charge in [0.1, 0.15) is 12.0 Å². The Morgan fingerprint density at radius 1 is 1.41 bits per heavy atom. The van der Waals surface area contributed by atoms with Crippen LogP contribution in [0.25, 0.3) is 0 Å². The molecule has 0 radical (unpaired) electrons. The van der Waals surface area contributed by atoms with Gasteiger partial charge in [0, 0.05) is 4.47 Å². The van der Waals surface area contributed by atoms with Gasteiger partial charge in [0.05, 0.1) is 12.3 Å². The van der Waals surface area contributed by atoms with Crippen LogP contribution in [-0.2, 0) is 19.1 Å². The van der Waals surface area contributed by atoms with Crippen molar-refractivity contribution in [2.45, 2.75) is 13.0 Å². The molecular weight excluding hydrogens is 354 g/mol. The van der Waals surface area contributed by atoms with Gasteiger partial charge in [-0.05, 0) is 25.1 Å². The van der Waals surface area contributed by atoms with Gasteiger partial charge in [-0.1, -0.05) is 22.0 Å². The van der Waals surface area contributed by atoms with E-state index >= 15 is 0 Å². The quantitative estimate of drug-likeness (QED) is 0.633. The van der Waals surface area contributed by atoms with Crippen LogP contribution in [0.15, 0.2) is 33.8 Å². The average molecular weight is 366 g/mol. The topological polar surface area (TPSA) is 88.1 Å². The maximum atomic E-state index is 12.6. The smallest absolute Gasteiger partial charge is 0.355 e. The van der Waals surface area contributed by atoms with Crippen LogP contribution < -0.4 is 10.3 Å². The normalized spacial score (nSPS) is 23.2. The molecule has 22 heavy (non-hydrogen) atoms. The van der Waals surface area contributed by atoms with Crippen LogP contribution in [0, 0.1) is 5.92 Å². The van der Waals surface area contributed by atoms with Crippen molar-refractivity contribution in [1.29, 1.82) is 0 Å². The minimum absolute atomic E-state index is 0.0531. The van der Waals surface area contributed by atoms with Crippen molar-refractivity contribution >= 4 is 45.1 Å². The maximum Gasteiger partial charge on any atom is 0.355 e. The zero-order valence-corrected chi connectivity index (χ0v) is 13.2. The number of hydrogen-bond acceptors (Lipinski definition) is 6. The second kappa shape index (κ2) is 5.53. The molecule has 0 unspecified atom stereocenters. The van der Waals surface area contributed by atoms with E-state index in [9.17, 15) is 14.4 Å². The molecule has 1 saturated heterocycles. The molecule has 1 N–H and O–H groups in total. The fourth-order valence-corrected chi connectivity index (χ4v) is 2.92. The number of amides is 2. The van der Waals surface area contributed by atoms with Gasteiger partial charge in [0.25, 0.3) is 5.91 Å². The Morgan fingerprint density at radius 3 is 2.86 bits per heavy atom. The van der Waals surface area contributed by atoms with Gasteiger partial charge in [0.15, 0.2) is 5.71 Å². The number of hydrazone groups is 1. The predicted molar refractivity (Wildman–Crippen MR) is 81.1 cm³/mol. The number of nitrogens with one attached hydrogen (secondary N) is 1. The van der Waals surface area contributed by atoms with Crippen LogP contribution in [0.5, 0.6) is 0 Å². The summed E-state index contributed by atoms with van der Waals surface area (Å²) in [5.74, 6) is -2.54. The summed E-state index contributed by atoms with van der Waals surface area (Å²) in [4.78, 5) is 38.0. The van der Waals surface area contributed by atoms with Crippen molar-refractivity contribution in [3.63, 3.8) is 0 Å². The molecule has 0 saturated carbocycles. The first-order valence-corrected chi connectivity index (χ1v) is 7.47. The Hall–Kier alpha value is -2.22. The first-order valence-electron chi connectivity index (χ1n) is 6.68. The summed E-state index contributed by atoms with van der Waals surface area (Å²) in [5.41, 5.74) is 2.96. The molecule has 7 nitrogen and oxygen atoms in total. The molecule has 3 rings (SSSR count). The molecule has 2 aliphatic rings. The van der Waals surface area contributed by atoms with Crippen molar-refractivity contribution < 1.29 is 19.1 Å². The number of hydrogen-bond donors (Lipinski definition) is 1. The summed E-state index contributed by atoms with van der Waals surface area (Å²) >= 11 is 3.30. The fourth-order valence-electron chi connectivity index (χ4n) is 2.53. The number of fused-ring (bicyclic) bond motifs is 1. The highest BCUT2D eigenvalue weighted by atomic mass is 79.9. The van der Waals surface area contributed by atoms with E-state index in [1.54, 1.807) is 31.2 Å². The van der Waals surface area contributed by atoms with Gasteiger partial charge >= 0.3 is 5.97 Å². The summed E-state index contributed by atoms with van der Waals surface area (Å²) in [6.45, 7) is 1.83. The molecule has 8 heteroatoms. The largest absolute Gasteiger partial charge is 0.461 e. The molecule has 0 aromatic heterocycles. The summed E-state index contributed by atoms with van der Waals surface area (Å²) in [5, 5.41) is 3.80. The molecule has 1 aromatic carbocycles. The highest BCUT2D eigenvalue weighted by Crippen LogP contribution is 2.31. The molecule has 2 atom stereocenters. The minimum Gasteiger partial charge on any atom is -0.461 e. The lowest BCUT2D eigenvalue weighted by Gasteiger charge is -2.15. The lowest BCUT2D eigenvalue weighted by atomic mass is 9.99. The molecular formula is C14H12BrN3O4. The van der Waals surface area contributed by atoms with E-state index in [0.29, 0.717) is 5.69 Å². The molecule has 0 spiro atoms. The Morgan fingerprint density at radius 2 is 2.18 bits per heavy atom. The van der Waals surface area contributed by atoms with Gasteiger partial charge in [-0.3, -0.25) is 15.0 Å². The van der Waals surface area contributed by atoms with Crippen LogP contribution >= 0.6 is 15.9 Å². The van der Waals surface area contributed by atoms with Gasteiger partial charge in [-0.25, -0.2) is 9.69 Å². The third-order valence-corrected chi connectivity index (χ3v) is 3.97. The van der Waals surface area contributed by atoms with Crippen molar-refractivity contribution in [2.75, 3.05) is 11.5 Å². The third kappa shape index (κ3) is 2.19. The molecule has 1 fully saturated rings. The highest BCUT2D eigenvalue weighted by molar-refractivity contribution is 9.10. The molecule has 2 aliphatic heterocycles. The minimum atomic E-state index is -0.939. The van der Waals surface area contributed by atoms with Gasteiger partial charge < -0.3 is 4.74 Å². The van der Waals surface area contributed by atoms with Crippen molar-refractivity contribution in [2.24, 2.45) is 11.0 Å². The van der Waals surface area contributed by atoms with E-state index in [-0.39, 0.29) is 12.3 Å². The number of nitrogens with zero attached hydrogens (tertiary/aromatic N) is 2. The van der Waals surface area contributed by atoms with Crippen LogP contribution in [0.1, 0.15) is 6.92 Å². The predicted octanol–water partition coefficient (Wildman–Crippen LogP) is 0.829. The van der Waals surface area contributed by atoms with Crippen molar-refractivity contribution in [3.8, 4) is 0 Å². The monoisotopic (exact) mass is 365 g/mol. The number of rotatable bonds is 3. The fraction of sp³-hybridized carbons (Fsp3) is 0.286. The number of carbonyl (C=O) groups is 3. The molecule has 2 amide bonds. The number of benzene rings is 1. The number of anilines is 1.